The lowest BCUT2D eigenvalue weighted by molar-refractivity contribution is -0.274. The number of rotatable bonds is 4. The van der Waals surface area contributed by atoms with Gasteiger partial charge < -0.3 is 20.1 Å². The molecule has 128 valence electrons. The van der Waals surface area contributed by atoms with E-state index in [9.17, 15) is 22.8 Å². The van der Waals surface area contributed by atoms with E-state index in [0.29, 0.717) is 0 Å². The minimum absolute atomic E-state index is 0.0825. The Kier molecular flexibility index (Phi) is 6.51. The lowest BCUT2D eigenvalue weighted by atomic mass is 10.3. The van der Waals surface area contributed by atoms with E-state index in [1.165, 1.54) is 6.92 Å². The third-order valence-corrected chi connectivity index (χ3v) is 3.35. The number of methoxy groups -OCH3 is 1. The van der Waals surface area contributed by atoms with E-state index in [0.717, 1.165) is 19.2 Å². The number of anilines is 1. The monoisotopic (exact) mass is 418 g/mol. The molecule has 11 heteroatoms. The number of benzene rings is 1. The second-order valence-electron chi connectivity index (χ2n) is 4.15. The number of hydrogen-bond acceptors (Lipinski definition) is 4. The molecule has 0 radical (unpaired) electrons. The number of urea groups is 1. The summed E-state index contributed by atoms with van der Waals surface area (Å²) in [6.45, 7) is 1.40. The third-order valence-electron chi connectivity index (χ3n) is 2.40. The zero-order chi connectivity index (χ0) is 17.8. The molecule has 6 nitrogen and oxygen atoms in total. The van der Waals surface area contributed by atoms with Gasteiger partial charge in [-0.05, 0) is 35.0 Å². The highest BCUT2D eigenvalue weighted by Crippen LogP contribution is 2.37. The molecule has 0 saturated heterocycles. The van der Waals surface area contributed by atoms with Crippen LogP contribution >= 0.6 is 27.5 Å². The van der Waals surface area contributed by atoms with Crippen LogP contribution in [0.4, 0.5) is 23.7 Å². The number of ether oxygens (including phenoxy) is 2. The molecule has 1 aromatic rings. The first-order valence-electron chi connectivity index (χ1n) is 5.93. The quantitative estimate of drug-likeness (QED) is 0.730. The Morgan fingerprint density at radius 1 is 1.35 bits per heavy atom. The fourth-order valence-corrected chi connectivity index (χ4v) is 2.04. The molecule has 0 aliphatic heterocycles. The lowest BCUT2D eigenvalue weighted by Gasteiger charge is -2.15. The Bertz CT molecular complexity index is 613. The maximum atomic E-state index is 12.2. The molecule has 2 amide bonds. The van der Waals surface area contributed by atoms with Crippen LogP contribution in [-0.4, -0.2) is 31.5 Å². The van der Waals surface area contributed by atoms with Crippen molar-refractivity contribution in [2.45, 2.75) is 19.3 Å². The van der Waals surface area contributed by atoms with Crippen LogP contribution in [0.1, 0.15) is 6.92 Å². The van der Waals surface area contributed by atoms with Crippen molar-refractivity contribution in [3.8, 4) is 5.75 Å². The Hall–Kier alpha value is -1.68. The van der Waals surface area contributed by atoms with E-state index in [2.05, 4.69) is 36.0 Å². The molecule has 0 aliphatic carbocycles. The second kappa shape index (κ2) is 7.73. The van der Waals surface area contributed by atoms with Gasteiger partial charge in [-0.15, -0.1) is 13.2 Å². The summed E-state index contributed by atoms with van der Waals surface area (Å²) in [7, 11) is 1.16. The maximum absolute atomic E-state index is 12.2. The average molecular weight is 420 g/mol. The summed E-state index contributed by atoms with van der Waals surface area (Å²) < 4.78 is 44.9. The van der Waals surface area contributed by atoms with Crippen LogP contribution in [0, 0.1) is 0 Å². The van der Waals surface area contributed by atoms with Gasteiger partial charge in [-0.25, -0.2) is 9.59 Å². The van der Waals surface area contributed by atoms with Gasteiger partial charge in [-0.1, -0.05) is 11.6 Å². The maximum Gasteiger partial charge on any atom is 0.573 e. The van der Waals surface area contributed by atoms with Crippen molar-refractivity contribution in [3.05, 3.63) is 21.6 Å². The van der Waals surface area contributed by atoms with Gasteiger partial charge >= 0.3 is 18.4 Å². The zero-order valence-corrected chi connectivity index (χ0v) is 14.1. The highest BCUT2D eigenvalue weighted by molar-refractivity contribution is 9.10. The van der Waals surface area contributed by atoms with Crippen LogP contribution in [0.5, 0.6) is 5.75 Å². The molecule has 23 heavy (non-hydrogen) atoms. The van der Waals surface area contributed by atoms with Crippen molar-refractivity contribution in [2.24, 2.45) is 0 Å². The molecule has 0 unspecified atom stereocenters. The lowest BCUT2D eigenvalue weighted by Crippen LogP contribution is -2.41. The third kappa shape index (κ3) is 6.14. The SMILES string of the molecule is COC(=O)[C@@H](C)NC(=O)Nc1cc(Cl)c(OC(F)(F)F)cc1Br. The highest BCUT2D eigenvalue weighted by Gasteiger charge is 2.32. The minimum atomic E-state index is -4.90. The van der Waals surface area contributed by atoms with E-state index in [4.69, 9.17) is 11.6 Å². The molecule has 1 atom stereocenters. The number of carbonyl (C=O) groups excluding carboxylic acids is 2. The van der Waals surface area contributed by atoms with Gasteiger partial charge in [-0.2, -0.15) is 0 Å². The summed E-state index contributed by atoms with van der Waals surface area (Å²) in [5.74, 6) is -1.29. The molecule has 1 aromatic carbocycles. The molecule has 0 heterocycles. The smallest absolute Gasteiger partial charge is 0.467 e. The topological polar surface area (TPSA) is 76.7 Å². The molecule has 0 aliphatic rings. The van der Waals surface area contributed by atoms with Crippen molar-refractivity contribution in [3.63, 3.8) is 0 Å². The predicted octanol–water partition coefficient (Wildman–Crippen LogP) is 3.68. The largest absolute Gasteiger partial charge is 0.573 e. The summed E-state index contributed by atoms with van der Waals surface area (Å²) in [6, 6.07) is 0.329. The van der Waals surface area contributed by atoms with E-state index in [1.54, 1.807) is 0 Å². The van der Waals surface area contributed by atoms with Crippen molar-refractivity contribution < 1.29 is 32.2 Å². The molecular weight excluding hydrogens is 408 g/mol. The van der Waals surface area contributed by atoms with Crippen molar-refractivity contribution >= 4 is 45.2 Å². The predicted molar refractivity (Wildman–Crippen MR) is 79.5 cm³/mol. The van der Waals surface area contributed by atoms with Gasteiger partial charge in [0.15, 0.2) is 0 Å². The first kappa shape index (κ1) is 19.4. The van der Waals surface area contributed by atoms with Crippen molar-refractivity contribution in [2.75, 3.05) is 12.4 Å². The zero-order valence-electron chi connectivity index (χ0n) is 11.8. The fourth-order valence-electron chi connectivity index (χ4n) is 1.42. The van der Waals surface area contributed by atoms with Crippen LogP contribution in [0.2, 0.25) is 5.02 Å². The highest BCUT2D eigenvalue weighted by atomic mass is 79.9. The molecule has 0 aromatic heterocycles. The Balaban J connectivity index is 2.84. The van der Waals surface area contributed by atoms with Crippen LogP contribution in [0.25, 0.3) is 0 Å². The Morgan fingerprint density at radius 3 is 2.48 bits per heavy atom. The molecule has 0 fully saturated rings. The molecule has 0 saturated carbocycles. The number of esters is 1. The van der Waals surface area contributed by atoms with Gasteiger partial charge in [0.1, 0.15) is 11.8 Å². The molecular formula is C12H11BrClF3N2O4. The minimum Gasteiger partial charge on any atom is -0.467 e. The number of carbonyl (C=O) groups is 2. The van der Waals surface area contributed by atoms with Crippen LogP contribution in [0.15, 0.2) is 16.6 Å². The molecule has 1 rings (SSSR count). The summed E-state index contributed by atoms with van der Waals surface area (Å²) >= 11 is 8.66. The first-order chi connectivity index (χ1) is 10.5. The Labute approximate surface area is 142 Å². The number of halogens is 5. The standard InChI is InChI=1S/C12H11BrClF3N2O4/c1-5(10(20)22-2)18-11(21)19-8-4-7(14)9(3-6(8)13)23-12(15,16)17/h3-5H,1-2H3,(H2,18,19,21)/t5-/m1/s1. The average Bonchev–Trinajstić information content (AvgIpc) is 2.41. The Morgan fingerprint density at radius 2 is 1.96 bits per heavy atom. The summed E-state index contributed by atoms with van der Waals surface area (Å²) in [6.07, 6.45) is -4.90. The summed E-state index contributed by atoms with van der Waals surface area (Å²) in [4.78, 5) is 22.9. The van der Waals surface area contributed by atoms with Crippen LogP contribution in [-0.2, 0) is 9.53 Å². The van der Waals surface area contributed by atoms with E-state index in [-0.39, 0.29) is 15.2 Å². The summed E-state index contributed by atoms with van der Waals surface area (Å²) in [5, 5.41) is 4.24. The van der Waals surface area contributed by atoms with Gasteiger partial charge in [0.05, 0.1) is 17.8 Å². The van der Waals surface area contributed by atoms with Gasteiger partial charge in [-0.3, -0.25) is 0 Å². The van der Waals surface area contributed by atoms with E-state index in [1.807, 2.05) is 0 Å². The van der Waals surface area contributed by atoms with E-state index >= 15 is 0 Å². The molecule has 2 N–H and O–H groups in total. The number of nitrogens with one attached hydrogen (secondary N) is 2. The fraction of sp³-hybridized carbons (Fsp3) is 0.333. The van der Waals surface area contributed by atoms with Crippen molar-refractivity contribution in [1.82, 2.24) is 5.32 Å². The normalized spacial score (nSPS) is 12.3. The molecule has 0 bridgehead atoms. The van der Waals surface area contributed by atoms with E-state index < -0.39 is 30.2 Å². The van der Waals surface area contributed by atoms with Gasteiger partial charge in [0.25, 0.3) is 0 Å². The van der Waals surface area contributed by atoms with Crippen LogP contribution < -0.4 is 15.4 Å². The van der Waals surface area contributed by atoms with Crippen LogP contribution in [0.3, 0.4) is 0 Å². The van der Waals surface area contributed by atoms with Gasteiger partial charge in [0.2, 0.25) is 0 Å². The molecule has 0 spiro atoms. The van der Waals surface area contributed by atoms with Crippen molar-refractivity contribution in [1.29, 1.82) is 0 Å². The second-order valence-corrected chi connectivity index (χ2v) is 5.42. The van der Waals surface area contributed by atoms with Gasteiger partial charge in [0, 0.05) is 4.47 Å². The summed E-state index contributed by atoms with van der Waals surface area (Å²) in [5.41, 5.74) is 0.0825. The number of hydrogen-bond donors (Lipinski definition) is 2. The number of amides is 2. The number of alkyl halides is 3. The first-order valence-corrected chi connectivity index (χ1v) is 7.10.